The average Bonchev–Trinajstić information content (AvgIpc) is 2.46. The molecular formula is C12H16N2O2S2. The summed E-state index contributed by atoms with van der Waals surface area (Å²) in [5.41, 5.74) is 0. The van der Waals surface area contributed by atoms with Crippen molar-refractivity contribution in [1.29, 1.82) is 0 Å². The number of pyridine rings is 1. The van der Waals surface area contributed by atoms with Gasteiger partial charge in [-0.2, -0.15) is 0 Å². The standard InChI is InChI=1S/C12H16N2O2S2/c1-2-10(15)12(9-13-7-8-16-12)18-17-11-5-3-4-6-14-11/h3-6,13H,2,7-9H2,1H3. The first-order valence-corrected chi connectivity index (χ1v) is 8.06. The number of carbonyl (C=O) groups is 1. The summed E-state index contributed by atoms with van der Waals surface area (Å²) in [6.07, 6.45) is 2.23. The number of morpholine rings is 1. The Morgan fingerprint density at radius 3 is 3.11 bits per heavy atom. The van der Waals surface area contributed by atoms with Gasteiger partial charge in [0, 0.05) is 25.7 Å². The number of nitrogens with one attached hydrogen (secondary N) is 1. The van der Waals surface area contributed by atoms with Crippen LogP contribution in [0.1, 0.15) is 13.3 Å². The van der Waals surface area contributed by atoms with Gasteiger partial charge >= 0.3 is 0 Å². The van der Waals surface area contributed by atoms with Crippen LogP contribution in [0.3, 0.4) is 0 Å². The van der Waals surface area contributed by atoms with Gasteiger partial charge in [-0.05, 0) is 33.7 Å². The monoisotopic (exact) mass is 284 g/mol. The summed E-state index contributed by atoms with van der Waals surface area (Å²) in [6, 6.07) is 5.74. The number of Topliss-reactive ketones (excluding diaryl/α,β-unsaturated/α-hetero) is 1. The number of rotatable bonds is 5. The number of hydrogen-bond donors (Lipinski definition) is 1. The molecule has 1 N–H and O–H groups in total. The van der Waals surface area contributed by atoms with Gasteiger partial charge in [0.05, 0.1) is 6.61 Å². The molecule has 1 atom stereocenters. The summed E-state index contributed by atoms with van der Waals surface area (Å²) in [7, 11) is 2.94. The zero-order valence-corrected chi connectivity index (χ0v) is 11.9. The molecule has 0 spiro atoms. The van der Waals surface area contributed by atoms with Gasteiger partial charge in [-0.1, -0.05) is 13.0 Å². The SMILES string of the molecule is CCC(=O)C1(SSc2ccccn2)CNCCO1. The first-order chi connectivity index (χ1) is 8.77. The summed E-state index contributed by atoms with van der Waals surface area (Å²) in [6.45, 7) is 3.80. The molecule has 4 nitrogen and oxygen atoms in total. The van der Waals surface area contributed by atoms with Gasteiger partial charge < -0.3 is 10.1 Å². The van der Waals surface area contributed by atoms with Gasteiger partial charge in [0.25, 0.3) is 0 Å². The lowest BCUT2D eigenvalue weighted by Gasteiger charge is -2.34. The molecule has 0 radical (unpaired) electrons. The molecule has 2 rings (SSSR count). The Hall–Kier alpha value is -0.560. The summed E-state index contributed by atoms with van der Waals surface area (Å²) >= 11 is 0. The van der Waals surface area contributed by atoms with Crippen LogP contribution in [-0.2, 0) is 9.53 Å². The van der Waals surface area contributed by atoms with Crippen LogP contribution in [0, 0.1) is 0 Å². The van der Waals surface area contributed by atoms with Crippen molar-refractivity contribution in [3.8, 4) is 0 Å². The topological polar surface area (TPSA) is 51.2 Å². The second-order valence-corrected chi connectivity index (χ2v) is 6.30. The van der Waals surface area contributed by atoms with Gasteiger partial charge in [-0.25, -0.2) is 4.98 Å². The van der Waals surface area contributed by atoms with Crippen LogP contribution in [-0.4, -0.2) is 35.4 Å². The Morgan fingerprint density at radius 1 is 1.61 bits per heavy atom. The van der Waals surface area contributed by atoms with Gasteiger partial charge in [0.1, 0.15) is 5.03 Å². The van der Waals surface area contributed by atoms with E-state index >= 15 is 0 Å². The Morgan fingerprint density at radius 2 is 2.50 bits per heavy atom. The molecule has 0 saturated carbocycles. The van der Waals surface area contributed by atoms with E-state index in [9.17, 15) is 4.79 Å². The number of ketones is 1. The number of aromatic nitrogens is 1. The highest BCUT2D eigenvalue weighted by atomic mass is 33.1. The van der Waals surface area contributed by atoms with E-state index < -0.39 is 4.93 Å². The minimum absolute atomic E-state index is 0.128. The molecule has 0 amide bonds. The van der Waals surface area contributed by atoms with Crippen molar-refractivity contribution in [2.75, 3.05) is 19.7 Å². The third kappa shape index (κ3) is 3.26. The molecule has 6 heteroatoms. The normalized spacial score (nSPS) is 23.8. The van der Waals surface area contributed by atoms with E-state index in [1.165, 1.54) is 21.6 Å². The summed E-state index contributed by atoms with van der Waals surface area (Å²) < 4.78 is 5.74. The van der Waals surface area contributed by atoms with Crippen LogP contribution < -0.4 is 5.32 Å². The van der Waals surface area contributed by atoms with Gasteiger partial charge in [0.2, 0.25) is 0 Å². The van der Waals surface area contributed by atoms with E-state index in [1.807, 2.05) is 25.1 Å². The van der Waals surface area contributed by atoms with Crippen LogP contribution >= 0.6 is 21.6 Å². The van der Waals surface area contributed by atoms with Gasteiger partial charge in [0.15, 0.2) is 10.7 Å². The molecule has 1 aliphatic rings. The number of hydrogen-bond acceptors (Lipinski definition) is 6. The smallest absolute Gasteiger partial charge is 0.194 e. The first-order valence-electron chi connectivity index (χ1n) is 5.91. The van der Waals surface area contributed by atoms with Crippen LogP contribution in [0.5, 0.6) is 0 Å². The molecule has 1 aromatic heterocycles. The third-order valence-corrected chi connectivity index (χ3v) is 5.44. The Balaban J connectivity index is 2.04. The minimum atomic E-state index is -0.769. The van der Waals surface area contributed by atoms with Gasteiger partial charge in [-0.3, -0.25) is 4.79 Å². The zero-order valence-electron chi connectivity index (χ0n) is 10.2. The largest absolute Gasteiger partial charge is 0.353 e. The van der Waals surface area contributed by atoms with E-state index in [4.69, 9.17) is 4.74 Å². The highest BCUT2D eigenvalue weighted by molar-refractivity contribution is 8.77. The van der Waals surface area contributed by atoms with Crippen molar-refractivity contribution in [3.63, 3.8) is 0 Å². The van der Waals surface area contributed by atoms with E-state index in [-0.39, 0.29) is 5.78 Å². The fraction of sp³-hybridized carbons (Fsp3) is 0.500. The first kappa shape index (κ1) is 13.9. The van der Waals surface area contributed by atoms with Crippen molar-refractivity contribution in [1.82, 2.24) is 10.3 Å². The fourth-order valence-corrected chi connectivity index (χ4v) is 4.19. The second kappa shape index (κ2) is 6.56. The van der Waals surface area contributed by atoms with Crippen molar-refractivity contribution < 1.29 is 9.53 Å². The van der Waals surface area contributed by atoms with E-state index in [0.29, 0.717) is 19.6 Å². The minimum Gasteiger partial charge on any atom is -0.353 e. The summed E-state index contributed by atoms with van der Waals surface area (Å²) in [5.74, 6) is 0.128. The van der Waals surface area contributed by atoms with Crippen LogP contribution in [0.25, 0.3) is 0 Å². The van der Waals surface area contributed by atoms with E-state index in [0.717, 1.165) is 11.6 Å². The zero-order chi connectivity index (χ0) is 12.8. The molecular weight excluding hydrogens is 268 g/mol. The Kier molecular flexibility index (Phi) is 5.05. The lowest BCUT2D eigenvalue weighted by molar-refractivity contribution is -0.135. The maximum Gasteiger partial charge on any atom is 0.194 e. The quantitative estimate of drug-likeness (QED) is 0.836. The molecule has 0 aromatic carbocycles. The van der Waals surface area contributed by atoms with Crippen molar-refractivity contribution in [2.24, 2.45) is 0 Å². The lowest BCUT2D eigenvalue weighted by atomic mass is 10.1. The number of carbonyl (C=O) groups excluding carboxylic acids is 1. The Labute approximate surface area is 115 Å². The van der Waals surface area contributed by atoms with Crippen LogP contribution in [0.2, 0.25) is 0 Å². The highest BCUT2D eigenvalue weighted by Gasteiger charge is 2.41. The fourth-order valence-electron chi connectivity index (χ4n) is 1.65. The molecule has 2 heterocycles. The molecule has 1 saturated heterocycles. The maximum atomic E-state index is 12.1. The van der Waals surface area contributed by atoms with Crippen LogP contribution in [0.4, 0.5) is 0 Å². The Bertz CT molecular complexity index is 394. The van der Waals surface area contributed by atoms with E-state index in [2.05, 4.69) is 10.3 Å². The van der Waals surface area contributed by atoms with Crippen LogP contribution in [0.15, 0.2) is 29.4 Å². The molecule has 98 valence electrons. The predicted octanol–water partition coefficient (Wildman–Crippen LogP) is 2.12. The molecule has 0 bridgehead atoms. The summed E-state index contributed by atoms with van der Waals surface area (Å²) in [5, 5.41) is 4.12. The molecule has 1 aromatic rings. The number of ether oxygens (including phenoxy) is 1. The molecule has 1 unspecified atom stereocenters. The van der Waals surface area contributed by atoms with Crippen molar-refractivity contribution in [2.45, 2.75) is 23.3 Å². The van der Waals surface area contributed by atoms with E-state index in [1.54, 1.807) is 6.20 Å². The molecule has 1 aliphatic heterocycles. The maximum absolute atomic E-state index is 12.1. The average molecular weight is 284 g/mol. The molecule has 0 aliphatic carbocycles. The van der Waals surface area contributed by atoms with Crippen molar-refractivity contribution >= 4 is 27.4 Å². The third-order valence-electron chi connectivity index (χ3n) is 2.62. The second-order valence-electron chi connectivity index (χ2n) is 3.89. The predicted molar refractivity (Wildman–Crippen MR) is 74.5 cm³/mol. The number of nitrogens with zero attached hydrogens (tertiary/aromatic N) is 1. The summed E-state index contributed by atoms with van der Waals surface area (Å²) in [4.78, 5) is 15.6. The van der Waals surface area contributed by atoms with Gasteiger partial charge in [-0.15, -0.1) is 0 Å². The van der Waals surface area contributed by atoms with Crippen molar-refractivity contribution in [3.05, 3.63) is 24.4 Å². The molecule has 1 fully saturated rings. The molecule has 18 heavy (non-hydrogen) atoms. The highest BCUT2D eigenvalue weighted by Crippen LogP contribution is 2.42. The lowest BCUT2D eigenvalue weighted by Crippen LogP contribution is -2.52.